The Kier molecular flexibility index (Phi) is 4.66. The van der Waals surface area contributed by atoms with Gasteiger partial charge in [-0.3, -0.25) is 19.0 Å². The van der Waals surface area contributed by atoms with E-state index in [1.165, 1.54) is 6.20 Å². The number of carbonyl (C=O) groups is 2. The molecule has 3 aromatic rings. The van der Waals surface area contributed by atoms with Gasteiger partial charge >= 0.3 is 5.97 Å². The normalized spacial score (nSPS) is 10.5. The van der Waals surface area contributed by atoms with Crippen molar-refractivity contribution in [3.63, 3.8) is 0 Å². The van der Waals surface area contributed by atoms with Crippen LogP contribution in [0.2, 0.25) is 0 Å². The van der Waals surface area contributed by atoms with Crippen LogP contribution in [-0.2, 0) is 11.3 Å². The minimum Gasteiger partial charge on any atom is -0.480 e. The number of furan rings is 1. The van der Waals surface area contributed by atoms with Crippen LogP contribution in [0.3, 0.4) is 0 Å². The maximum atomic E-state index is 12.7. The highest BCUT2D eigenvalue weighted by atomic mass is 16.4. The first-order chi connectivity index (χ1) is 12.5. The van der Waals surface area contributed by atoms with E-state index in [1.54, 1.807) is 49.4 Å². The highest BCUT2D eigenvalue weighted by molar-refractivity contribution is 6.04. The van der Waals surface area contributed by atoms with E-state index in [1.807, 2.05) is 0 Å². The lowest BCUT2D eigenvalue weighted by molar-refractivity contribution is -0.137. The molecule has 0 spiro atoms. The van der Waals surface area contributed by atoms with Crippen LogP contribution in [0.5, 0.6) is 0 Å². The molecular weight excluding hydrogens is 338 g/mol. The quantitative estimate of drug-likeness (QED) is 0.726. The molecule has 0 radical (unpaired) electrons. The predicted molar refractivity (Wildman–Crippen MR) is 93.0 cm³/mol. The Hall–Kier alpha value is -3.68. The molecule has 0 aliphatic rings. The van der Waals surface area contributed by atoms with Crippen molar-refractivity contribution in [1.29, 1.82) is 0 Å². The van der Waals surface area contributed by atoms with Crippen LogP contribution >= 0.6 is 0 Å². The first-order valence-corrected chi connectivity index (χ1v) is 7.70. The molecular formula is C18H15N3O5. The summed E-state index contributed by atoms with van der Waals surface area (Å²) in [5, 5.41) is 11.6. The molecule has 3 rings (SSSR count). The summed E-state index contributed by atoms with van der Waals surface area (Å²) in [6.07, 6.45) is 1.19. The number of anilines is 1. The number of hydrogen-bond donors (Lipinski definition) is 2. The Morgan fingerprint density at radius 1 is 1.19 bits per heavy atom. The second-order valence-electron chi connectivity index (χ2n) is 5.51. The highest BCUT2D eigenvalue weighted by Crippen LogP contribution is 2.19. The van der Waals surface area contributed by atoms with Crippen molar-refractivity contribution in [3.05, 3.63) is 70.3 Å². The van der Waals surface area contributed by atoms with Crippen LogP contribution in [-0.4, -0.2) is 26.5 Å². The molecule has 26 heavy (non-hydrogen) atoms. The molecule has 2 N–H and O–H groups in total. The lowest BCUT2D eigenvalue weighted by atomic mass is 10.2. The van der Waals surface area contributed by atoms with Gasteiger partial charge in [-0.1, -0.05) is 18.2 Å². The van der Waals surface area contributed by atoms with Gasteiger partial charge in [0.25, 0.3) is 11.5 Å². The van der Waals surface area contributed by atoms with E-state index in [0.29, 0.717) is 11.3 Å². The average Bonchev–Trinajstić information content (AvgIpc) is 3.05. The maximum absolute atomic E-state index is 12.7. The Morgan fingerprint density at radius 2 is 1.92 bits per heavy atom. The van der Waals surface area contributed by atoms with Gasteiger partial charge in [0.2, 0.25) is 0 Å². The van der Waals surface area contributed by atoms with Crippen LogP contribution in [0.25, 0.3) is 11.6 Å². The van der Waals surface area contributed by atoms with E-state index in [0.717, 1.165) is 4.57 Å². The first-order valence-electron chi connectivity index (χ1n) is 7.70. The van der Waals surface area contributed by atoms with E-state index in [-0.39, 0.29) is 17.3 Å². The van der Waals surface area contributed by atoms with Crippen molar-refractivity contribution < 1.29 is 19.1 Å². The summed E-state index contributed by atoms with van der Waals surface area (Å²) in [6, 6.07) is 11.6. The number of carboxylic acid groups (broad SMARTS) is 1. The minimum atomic E-state index is -1.22. The molecule has 8 nitrogen and oxygen atoms in total. The van der Waals surface area contributed by atoms with Crippen molar-refractivity contribution >= 4 is 17.6 Å². The summed E-state index contributed by atoms with van der Waals surface area (Å²) < 4.78 is 6.38. The van der Waals surface area contributed by atoms with E-state index < -0.39 is 24.0 Å². The summed E-state index contributed by atoms with van der Waals surface area (Å²) >= 11 is 0. The number of aryl methyl sites for hydroxylation is 1. The molecule has 0 saturated heterocycles. The second-order valence-corrected chi connectivity index (χ2v) is 5.51. The number of nitrogens with zero attached hydrogens (tertiary/aromatic N) is 2. The largest absolute Gasteiger partial charge is 0.480 e. The van der Waals surface area contributed by atoms with Gasteiger partial charge < -0.3 is 14.8 Å². The van der Waals surface area contributed by atoms with Crippen molar-refractivity contribution in [3.8, 4) is 11.6 Å². The van der Waals surface area contributed by atoms with E-state index >= 15 is 0 Å². The zero-order valence-electron chi connectivity index (χ0n) is 13.8. The van der Waals surface area contributed by atoms with Gasteiger partial charge in [-0.2, -0.15) is 0 Å². The summed E-state index contributed by atoms with van der Waals surface area (Å²) in [5.41, 5.74) is -0.440. The SMILES string of the molecule is Cc1ccc(-c2ncc(NC(=O)c3ccccc3)c(=O)n2CC(=O)O)o1. The monoisotopic (exact) mass is 353 g/mol. The van der Waals surface area contributed by atoms with Crippen LogP contribution in [0.1, 0.15) is 16.1 Å². The molecule has 2 heterocycles. The Morgan fingerprint density at radius 3 is 2.54 bits per heavy atom. The van der Waals surface area contributed by atoms with E-state index in [4.69, 9.17) is 9.52 Å². The van der Waals surface area contributed by atoms with E-state index in [2.05, 4.69) is 10.3 Å². The lowest BCUT2D eigenvalue weighted by Gasteiger charge is -2.11. The smallest absolute Gasteiger partial charge is 0.323 e. The molecule has 0 unspecified atom stereocenters. The van der Waals surface area contributed by atoms with Gasteiger partial charge in [0, 0.05) is 5.56 Å². The molecule has 0 bridgehead atoms. The number of aliphatic carboxylic acids is 1. The molecule has 8 heteroatoms. The Labute approximate surface area is 147 Å². The first kappa shape index (κ1) is 17.2. The summed E-state index contributed by atoms with van der Waals surface area (Å²) in [4.78, 5) is 40.2. The fourth-order valence-corrected chi connectivity index (χ4v) is 2.40. The van der Waals surface area contributed by atoms with Gasteiger partial charge in [0.1, 0.15) is 18.0 Å². The number of aromatic nitrogens is 2. The number of benzene rings is 1. The van der Waals surface area contributed by atoms with Crippen molar-refractivity contribution in [2.24, 2.45) is 0 Å². The Balaban J connectivity index is 2.01. The summed E-state index contributed by atoms with van der Waals surface area (Å²) in [7, 11) is 0. The van der Waals surface area contributed by atoms with Gasteiger partial charge in [-0.05, 0) is 31.2 Å². The summed E-state index contributed by atoms with van der Waals surface area (Å²) in [6.45, 7) is 1.10. The maximum Gasteiger partial charge on any atom is 0.323 e. The molecule has 0 aliphatic carbocycles. The van der Waals surface area contributed by atoms with Crippen molar-refractivity contribution in [1.82, 2.24) is 9.55 Å². The molecule has 0 aliphatic heterocycles. The predicted octanol–water partition coefficient (Wildman–Crippen LogP) is 2.15. The molecule has 0 atom stereocenters. The summed E-state index contributed by atoms with van der Waals surface area (Å²) in [5.74, 6) is -0.777. The third-order valence-corrected chi connectivity index (χ3v) is 3.59. The highest BCUT2D eigenvalue weighted by Gasteiger charge is 2.18. The van der Waals surface area contributed by atoms with Gasteiger partial charge in [0.05, 0.1) is 6.20 Å². The third-order valence-electron chi connectivity index (χ3n) is 3.59. The number of rotatable bonds is 5. The fraction of sp³-hybridized carbons (Fsp3) is 0.111. The van der Waals surface area contributed by atoms with Crippen molar-refractivity contribution in [2.75, 3.05) is 5.32 Å². The average molecular weight is 353 g/mol. The van der Waals surface area contributed by atoms with Gasteiger partial charge in [-0.25, -0.2) is 4.98 Å². The number of nitrogens with one attached hydrogen (secondary N) is 1. The number of carboxylic acids is 1. The molecule has 132 valence electrons. The van der Waals surface area contributed by atoms with Gasteiger partial charge in [-0.15, -0.1) is 0 Å². The molecule has 1 aromatic carbocycles. The fourth-order valence-electron chi connectivity index (χ4n) is 2.40. The lowest BCUT2D eigenvalue weighted by Crippen LogP contribution is -2.30. The van der Waals surface area contributed by atoms with Gasteiger partial charge in [0.15, 0.2) is 11.6 Å². The van der Waals surface area contributed by atoms with E-state index in [9.17, 15) is 14.4 Å². The number of carbonyl (C=O) groups excluding carboxylic acids is 1. The van der Waals surface area contributed by atoms with Crippen LogP contribution in [0, 0.1) is 6.92 Å². The molecule has 0 fully saturated rings. The standard InChI is InChI=1S/C18H15N3O5/c1-11-7-8-14(26-11)16-19-9-13(18(25)21(16)10-15(22)23)20-17(24)12-5-3-2-4-6-12/h2-9H,10H2,1H3,(H,20,24)(H,22,23). The minimum absolute atomic E-state index is 0.0724. The molecule has 0 saturated carbocycles. The number of amides is 1. The topological polar surface area (TPSA) is 114 Å². The van der Waals surface area contributed by atoms with Crippen LogP contribution in [0.15, 0.2) is 57.9 Å². The zero-order valence-corrected chi connectivity index (χ0v) is 13.8. The third kappa shape index (κ3) is 3.54. The zero-order chi connectivity index (χ0) is 18.7. The molecule has 2 aromatic heterocycles. The molecule has 1 amide bonds. The van der Waals surface area contributed by atoms with Crippen LogP contribution in [0.4, 0.5) is 5.69 Å². The Bertz CT molecular complexity index is 1020. The van der Waals surface area contributed by atoms with Crippen LogP contribution < -0.4 is 10.9 Å². The van der Waals surface area contributed by atoms with Crippen molar-refractivity contribution in [2.45, 2.75) is 13.5 Å². The number of hydrogen-bond acceptors (Lipinski definition) is 5. The second kappa shape index (κ2) is 7.06.